The minimum Gasteiger partial charge on any atom is -0.508 e. The molecule has 2 unspecified atom stereocenters. The summed E-state index contributed by atoms with van der Waals surface area (Å²) in [5.41, 5.74) is 0.602. The normalized spacial score (nSPS) is 20.4. The van der Waals surface area contributed by atoms with Gasteiger partial charge in [0.15, 0.2) is 5.82 Å². The molecule has 5 heterocycles. The Morgan fingerprint density at radius 3 is 2.42 bits per heavy atom. The highest BCUT2D eigenvalue weighted by Gasteiger charge is 2.45. The third kappa shape index (κ3) is 5.25. The van der Waals surface area contributed by atoms with E-state index in [0.29, 0.717) is 52.8 Å². The molecule has 1 N–H and O–H groups in total. The predicted octanol–water partition coefficient (Wildman–Crippen LogP) is 5.68. The number of phenols is 1. The number of halogens is 2. The minimum atomic E-state index is -0.597. The zero-order chi connectivity index (χ0) is 31.8. The van der Waals surface area contributed by atoms with Gasteiger partial charge in [-0.3, -0.25) is 9.88 Å². The smallest absolute Gasteiger partial charge is 0.410 e. The highest BCUT2D eigenvalue weighted by Crippen LogP contribution is 2.43. The molecule has 3 aliphatic heterocycles. The third-order valence-corrected chi connectivity index (χ3v) is 9.37. The van der Waals surface area contributed by atoms with E-state index < -0.39 is 11.4 Å². The number of hydrogen-bond acceptors (Lipinski definition) is 9. The Kier molecular flexibility index (Phi) is 7.16. The monoisotopic (exact) mass is 633 g/mol. The minimum absolute atomic E-state index is 0.0150. The molecule has 4 aromatic rings. The van der Waals surface area contributed by atoms with Gasteiger partial charge in [-0.05, 0) is 72.0 Å². The van der Waals surface area contributed by atoms with Crippen molar-refractivity contribution in [3.8, 4) is 16.9 Å². The number of rotatable bonds is 4. The highest BCUT2D eigenvalue weighted by atomic mass is 35.5. The van der Waals surface area contributed by atoms with Gasteiger partial charge in [-0.15, -0.1) is 0 Å². The number of anilines is 2. The molecule has 3 saturated heterocycles. The molecule has 12 heteroatoms. The van der Waals surface area contributed by atoms with Crippen LogP contribution in [0.5, 0.6) is 5.75 Å². The number of hydrogen-bond donors (Lipinski definition) is 1. The summed E-state index contributed by atoms with van der Waals surface area (Å²) in [6, 6.07) is 8.60. The van der Waals surface area contributed by atoms with Crippen LogP contribution in [-0.4, -0.2) is 100.0 Å². The van der Waals surface area contributed by atoms with Crippen molar-refractivity contribution in [3.63, 3.8) is 0 Å². The van der Waals surface area contributed by atoms with Gasteiger partial charge in [-0.25, -0.2) is 14.2 Å². The Morgan fingerprint density at radius 1 is 1.04 bits per heavy atom. The second kappa shape index (κ2) is 10.8. The number of phenolic OH excluding ortho intramolecular Hbond substituents is 1. The maximum absolute atomic E-state index is 16.9. The molecule has 0 spiro atoms. The zero-order valence-electron chi connectivity index (χ0n) is 26.1. The SMILES string of the molecule is CN(C)C1CN(c2nc(N3CC4CCC(C3)N4C(=O)OC(C)(C)C)c3cc(Cl)c(-c4cc(O)cc5cccnc45)c(F)c3n2)C1. The summed E-state index contributed by atoms with van der Waals surface area (Å²) in [7, 11) is 4.08. The molecule has 3 fully saturated rings. The fourth-order valence-electron chi connectivity index (χ4n) is 6.80. The molecule has 0 radical (unpaired) electrons. The Bertz CT molecular complexity index is 1810. The second-order valence-electron chi connectivity index (χ2n) is 13.6. The van der Waals surface area contributed by atoms with Gasteiger partial charge in [0.05, 0.1) is 22.6 Å². The van der Waals surface area contributed by atoms with Crippen LogP contribution in [-0.2, 0) is 4.74 Å². The number of fused-ring (bicyclic) bond motifs is 4. The van der Waals surface area contributed by atoms with Gasteiger partial charge in [0.1, 0.15) is 22.7 Å². The van der Waals surface area contributed by atoms with E-state index in [4.69, 9.17) is 26.3 Å². The number of aromatic nitrogens is 3. The largest absolute Gasteiger partial charge is 0.508 e. The molecule has 2 atom stereocenters. The molecule has 2 aromatic carbocycles. The molecule has 2 bridgehead atoms. The first-order chi connectivity index (χ1) is 21.4. The number of benzene rings is 2. The van der Waals surface area contributed by atoms with E-state index >= 15 is 4.39 Å². The number of carbonyl (C=O) groups is 1. The number of amides is 1. The molecule has 7 rings (SSSR count). The average molecular weight is 634 g/mol. The van der Waals surface area contributed by atoms with Gasteiger partial charge in [0.2, 0.25) is 5.95 Å². The Labute approximate surface area is 266 Å². The van der Waals surface area contributed by atoms with Crippen molar-refractivity contribution in [2.45, 2.75) is 57.3 Å². The summed E-state index contributed by atoms with van der Waals surface area (Å²) < 4.78 is 22.6. The van der Waals surface area contributed by atoms with Gasteiger partial charge in [-0.2, -0.15) is 4.98 Å². The van der Waals surface area contributed by atoms with E-state index in [0.717, 1.165) is 25.9 Å². The molecule has 236 valence electrons. The first-order valence-electron chi connectivity index (χ1n) is 15.3. The molecule has 10 nitrogen and oxygen atoms in total. The van der Waals surface area contributed by atoms with Crippen molar-refractivity contribution >= 4 is 51.3 Å². The molecular weight excluding hydrogens is 597 g/mol. The van der Waals surface area contributed by atoms with E-state index in [1.54, 1.807) is 24.4 Å². The summed E-state index contributed by atoms with van der Waals surface area (Å²) >= 11 is 6.89. The van der Waals surface area contributed by atoms with Gasteiger partial charge < -0.3 is 24.5 Å². The maximum Gasteiger partial charge on any atom is 0.410 e. The van der Waals surface area contributed by atoms with Crippen LogP contribution < -0.4 is 9.80 Å². The van der Waals surface area contributed by atoms with Crippen LogP contribution in [0.25, 0.3) is 32.9 Å². The van der Waals surface area contributed by atoms with Gasteiger partial charge in [-0.1, -0.05) is 17.7 Å². The lowest BCUT2D eigenvalue weighted by Gasteiger charge is -2.44. The Hall–Kier alpha value is -3.96. The molecular formula is C33H37ClFN7O3. The van der Waals surface area contributed by atoms with E-state index in [2.05, 4.69) is 19.7 Å². The Morgan fingerprint density at radius 2 is 1.76 bits per heavy atom. The van der Waals surface area contributed by atoms with Gasteiger partial charge in [0, 0.05) is 60.3 Å². The van der Waals surface area contributed by atoms with Crippen LogP contribution in [0.4, 0.5) is 21.0 Å². The average Bonchev–Trinajstić information content (AvgIpc) is 3.20. The first-order valence-corrected chi connectivity index (χ1v) is 15.7. The molecule has 2 aromatic heterocycles. The fourth-order valence-corrected chi connectivity index (χ4v) is 7.09. The number of piperazine rings is 1. The van der Waals surface area contributed by atoms with Crippen LogP contribution in [0.1, 0.15) is 33.6 Å². The number of aromatic hydroxyl groups is 1. The summed E-state index contributed by atoms with van der Waals surface area (Å²) in [4.78, 5) is 35.6. The third-order valence-electron chi connectivity index (χ3n) is 9.07. The molecule has 45 heavy (non-hydrogen) atoms. The standard InChI is InChI=1S/C33H37ClFN7O3/c1-33(2,3)45-32(44)42-19-8-9-20(42)15-40(14-19)30-24-13-25(34)26(23-12-22(43)11-18-7-6-10-36-28(18)23)27(35)29(24)37-31(38-30)41-16-21(17-41)39(4)5/h6-7,10-13,19-21,43H,8-9,14-17H2,1-5H3. The van der Waals surface area contributed by atoms with Gasteiger partial charge >= 0.3 is 6.09 Å². The second-order valence-corrected chi connectivity index (χ2v) is 14.0. The van der Waals surface area contributed by atoms with E-state index in [9.17, 15) is 9.90 Å². The predicted molar refractivity (Wildman–Crippen MR) is 174 cm³/mol. The highest BCUT2D eigenvalue weighted by molar-refractivity contribution is 6.35. The maximum atomic E-state index is 16.9. The van der Waals surface area contributed by atoms with E-state index in [-0.39, 0.29) is 40.0 Å². The number of nitrogens with zero attached hydrogens (tertiary/aromatic N) is 7. The molecule has 1 amide bonds. The lowest BCUT2D eigenvalue weighted by Crippen LogP contribution is -2.58. The quantitative estimate of drug-likeness (QED) is 0.304. The number of carbonyl (C=O) groups excluding carboxylic acids is 1. The number of pyridine rings is 1. The van der Waals surface area contributed by atoms with Gasteiger partial charge in [0.25, 0.3) is 0 Å². The first kappa shape index (κ1) is 29.7. The topological polar surface area (TPSA) is 98.2 Å². The van der Waals surface area contributed by atoms with Crippen LogP contribution in [0.3, 0.4) is 0 Å². The van der Waals surface area contributed by atoms with Crippen molar-refractivity contribution in [2.24, 2.45) is 0 Å². The van der Waals surface area contributed by atoms with E-state index in [1.165, 1.54) is 6.07 Å². The van der Waals surface area contributed by atoms with Crippen molar-refractivity contribution in [3.05, 3.63) is 47.4 Å². The lowest BCUT2D eigenvalue weighted by atomic mass is 9.99. The molecule has 0 saturated carbocycles. The van der Waals surface area contributed by atoms with Crippen LogP contribution in [0, 0.1) is 5.82 Å². The Balaban J connectivity index is 1.34. The van der Waals surface area contributed by atoms with E-state index in [1.807, 2.05) is 45.8 Å². The lowest BCUT2D eigenvalue weighted by molar-refractivity contribution is 0.0123. The van der Waals surface area contributed by atoms with Crippen molar-refractivity contribution < 1.29 is 19.0 Å². The summed E-state index contributed by atoms with van der Waals surface area (Å²) in [6.07, 6.45) is 3.03. The fraction of sp³-hybridized carbons (Fsp3) is 0.455. The molecule has 3 aliphatic rings. The summed E-state index contributed by atoms with van der Waals surface area (Å²) in [6.45, 7) is 8.12. The summed E-state index contributed by atoms with van der Waals surface area (Å²) in [5.74, 6) is 0.428. The molecule has 0 aliphatic carbocycles. The number of likely N-dealkylation sites (N-methyl/N-ethyl adjacent to an activating group) is 1. The van der Waals surface area contributed by atoms with Crippen molar-refractivity contribution in [1.29, 1.82) is 0 Å². The van der Waals surface area contributed by atoms with Crippen molar-refractivity contribution in [1.82, 2.24) is 24.8 Å². The zero-order valence-corrected chi connectivity index (χ0v) is 26.8. The van der Waals surface area contributed by atoms with Crippen LogP contribution in [0.2, 0.25) is 5.02 Å². The van der Waals surface area contributed by atoms with Crippen molar-refractivity contribution in [2.75, 3.05) is 50.1 Å². The van der Waals surface area contributed by atoms with Crippen LogP contribution in [0.15, 0.2) is 36.5 Å². The number of ether oxygens (including phenoxy) is 1. The summed E-state index contributed by atoms with van der Waals surface area (Å²) in [5, 5.41) is 11.8. The van der Waals surface area contributed by atoms with Crippen LogP contribution >= 0.6 is 11.6 Å².